The Bertz CT molecular complexity index is 169. The van der Waals surface area contributed by atoms with Crippen molar-refractivity contribution in [2.24, 2.45) is 0 Å². The third kappa shape index (κ3) is 3.88. The second kappa shape index (κ2) is 2.68. The van der Waals surface area contributed by atoms with E-state index >= 15 is 0 Å². The van der Waals surface area contributed by atoms with Gasteiger partial charge in [0.25, 0.3) is 0 Å². The van der Waals surface area contributed by atoms with Crippen LogP contribution in [-0.2, 0) is 4.79 Å². The number of aliphatic carboxylic acids is 1. The number of carboxylic acids is 1. The average Bonchev–Trinajstić information content (AvgIpc) is 1.60. The van der Waals surface area contributed by atoms with Crippen molar-refractivity contribution in [3.8, 4) is 0 Å². The number of allylic oxidation sites excluding steroid dienone is 1. The third-order valence-corrected chi connectivity index (χ3v) is 0.495. The zero-order valence-corrected chi connectivity index (χ0v) is 4.44. The van der Waals surface area contributed by atoms with Crippen LogP contribution >= 0.6 is 0 Å². The van der Waals surface area contributed by atoms with E-state index in [1.165, 1.54) is 0 Å². The monoisotopic (exact) mass is 158 g/mol. The second-order valence-corrected chi connectivity index (χ2v) is 1.34. The van der Waals surface area contributed by atoms with Crippen LogP contribution in [0.15, 0.2) is 11.9 Å². The highest BCUT2D eigenvalue weighted by molar-refractivity contribution is 5.83. The van der Waals surface area contributed by atoms with Crippen LogP contribution in [0, 0.1) is 0 Å². The lowest BCUT2D eigenvalue weighted by Gasteiger charge is -1.96. The van der Waals surface area contributed by atoms with Crippen LogP contribution in [0.2, 0.25) is 0 Å². The molecule has 0 atom stereocenters. The fourth-order valence-electron chi connectivity index (χ4n) is 0.205. The summed E-state index contributed by atoms with van der Waals surface area (Å²) < 4.78 is 44.8. The summed E-state index contributed by atoms with van der Waals surface area (Å²) in [7, 11) is 0. The van der Waals surface area contributed by atoms with Crippen molar-refractivity contribution in [3.63, 3.8) is 0 Å². The quantitative estimate of drug-likeness (QED) is 0.463. The van der Waals surface area contributed by atoms with Crippen LogP contribution in [0.1, 0.15) is 0 Å². The summed E-state index contributed by atoms with van der Waals surface area (Å²) >= 11 is 0. The highest BCUT2D eigenvalue weighted by atomic mass is 19.4. The summed E-state index contributed by atoms with van der Waals surface area (Å²) in [5.41, 5.74) is 0. The van der Waals surface area contributed by atoms with Crippen LogP contribution in [0.25, 0.3) is 0 Å². The first-order valence-corrected chi connectivity index (χ1v) is 2.01. The molecular weight excluding hydrogens is 156 g/mol. The molecule has 0 spiro atoms. The van der Waals surface area contributed by atoms with Gasteiger partial charge in [0.15, 0.2) is 0 Å². The molecule has 0 unspecified atom stereocenters. The Hall–Kier alpha value is -1.07. The summed E-state index contributed by atoms with van der Waals surface area (Å²) in [6, 6.07) is 0. The molecule has 0 aromatic heterocycles. The molecule has 10 heavy (non-hydrogen) atoms. The van der Waals surface area contributed by atoms with Crippen LogP contribution in [-0.4, -0.2) is 17.3 Å². The van der Waals surface area contributed by atoms with E-state index in [0.29, 0.717) is 0 Å². The molecule has 1 N–H and O–H groups in total. The van der Waals surface area contributed by atoms with E-state index in [4.69, 9.17) is 5.11 Å². The molecule has 0 bridgehead atoms. The van der Waals surface area contributed by atoms with E-state index in [0.717, 1.165) is 0 Å². The number of alkyl halides is 3. The molecule has 0 rings (SSSR count). The Morgan fingerprint density at radius 3 is 1.90 bits per heavy atom. The Balaban J connectivity index is 4.32. The van der Waals surface area contributed by atoms with Gasteiger partial charge in [0, 0.05) is 0 Å². The molecule has 0 fully saturated rings. The predicted octanol–water partition coefficient (Wildman–Crippen LogP) is 1.49. The van der Waals surface area contributed by atoms with Gasteiger partial charge in [-0.1, -0.05) is 0 Å². The lowest BCUT2D eigenvalue weighted by Crippen LogP contribution is -2.06. The van der Waals surface area contributed by atoms with E-state index in [2.05, 4.69) is 0 Å². The van der Waals surface area contributed by atoms with Crippen molar-refractivity contribution >= 4 is 5.97 Å². The summed E-state index contributed by atoms with van der Waals surface area (Å²) in [5.74, 6) is -4.44. The van der Waals surface area contributed by atoms with Crippen LogP contribution in [0.4, 0.5) is 17.6 Å². The van der Waals surface area contributed by atoms with E-state index in [1.54, 1.807) is 0 Å². The molecule has 0 aliphatic carbocycles. The first kappa shape index (κ1) is 8.93. The maximum atomic E-state index is 11.6. The van der Waals surface area contributed by atoms with Gasteiger partial charge >= 0.3 is 12.1 Å². The fourth-order valence-corrected chi connectivity index (χ4v) is 0.205. The van der Waals surface area contributed by atoms with E-state index in [9.17, 15) is 22.4 Å². The van der Waals surface area contributed by atoms with Gasteiger partial charge in [-0.2, -0.15) is 17.6 Å². The van der Waals surface area contributed by atoms with Gasteiger partial charge in [-0.05, 0) is 0 Å². The molecule has 2 nitrogen and oxygen atoms in total. The van der Waals surface area contributed by atoms with Crippen molar-refractivity contribution in [2.75, 3.05) is 0 Å². The first-order chi connectivity index (χ1) is 4.33. The Morgan fingerprint density at radius 1 is 1.40 bits per heavy atom. The number of carbonyl (C=O) groups is 1. The normalized spacial score (nSPS) is 13.4. The fraction of sp³-hybridized carbons (Fsp3) is 0.250. The zero-order chi connectivity index (χ0) is 8.36. The predicted molar refractivity (Wildman–Crippen MR) is 22.9 cm³/mol. The van der Waals surface area contributed by atoms with E-state index in [-0.39, 0.29) is 0 Å². The summed E-state index contributed by atoms with van der Waals surface area (Å²) in [5, 5.41) is 7.60. The minimum Gasteiger partial charge on any atom is -0.476 e. The first-order valence-electron chi connectivity index (χ1n) is 2.01. The van der Waals surface area contributed by atoms with E-state index < -0.39 is 24.0 Å². The number of hydrogen-bond donors (Lipinski definition) is 1. The summed E-state index contributed by atoms with van der Waals surface area (Å²) in [4.78, 5) is 9.43. The summed E-state index contributed by atoms with van der Waals surface area (Å²) in [6.45, 7) is 0. The largest absolute Gasteiger partial charge is 0.476 e. The number of rotatable bonds is 1. The third-order valence-electron chi connectivity index (χ3n) is 0.495. The van der Waals surface area contributed by atoms with Crippen molar-refractivity contribution in [1.29, 1.82) is 0 Å². The van der Waals surface area contributed by atoms with Crippen LogP contribution in [0.3, 0.4) is 0 Å². The van der Waals surface area contributed by atoms with Crippen molar-refractivity contribution in [3.05, 3.63) is 11.9 Å². The second-order valence-electron chi connectivity index (χ2n) is 1.34. The average molecular weight is 158 g/mol. The van der Waals surface area contributed by atoms with E-state index in [1.807, 2.05) is 0 Å². The highest BCUT2D eigenvalue weighted by Gasteiger charge is 2.26. The Labute approximate surface area is 52.8 Å². The van der Waals surface area contributed by atoms with Crippen LogP contribution in [0.5, 0.6) is 0 Å². The highest BCUT2D eigenvalue weighted by Crippen LogP contribution is 2.18. The lowest BCUT2D eigenvalue weighted by atomic mass is 10.4. The van der Waals surface area contributed by atoms with Gasteiger partial charge < -0.3 is 5.11 Å². The molecule has 0 amide bonds. The van der Waals surface area contributed by atoms with Gasteiger partial charge in [-0.25, -0.2) is 4.79 Å². The minimum absolute atomic E-state index is 0.921. The number of carboxylic acid groups (broad SMARTS) is 1. The molecule has 0 aromatic carbocycles. The molecule has 0 aromatic rings. The maximum absolute atomic E-state index is 11.6. The van der Waals surface area contributed by atoms with Crippen molar-refractivity contribution < 1.29 is 27.5 Å². The maximum Gasteiger partial charge on any atom is 0.412 e. The smallest absolute Gasteiger partial charge is 0.412 e. The van der Waals surface area contributed by atoms with Crippen LogP contribution < -0.4 is 0 Å². The van der Waals surface area contributed by atoms with Gasteiger partial charge in [-0.3, -0.25) is 0 Å². The SMILES string of the molecule is O=C(O)/C(F)=C/C(F)(F)F. The van der Waals surface area contributed by atoms with Gasteiger partial charge in [0.1, 0.15) is 0 Å². The van der Waals surface area contributed by atoms with Gasteiger partial charge in [0.05, 0.1) is 6.08 Å². The number of hydrogen-bond acceptors (Lipinski definition) is 1. The van der Waals surface area contributed by atoms with Crippen molar-refractivity contribution in [1.82, 2.24) is 0 Å². The van der Waals surface area contributed by atoms with Gasteiger partial charge in [-0.15, -0.1) is 0 Å². The standard InChI is InChI=1S/C4H2F4O2/c5-2(3(9)10)1-4(6,7)8/h1H,(H,9,10)/b2-1-. The molecule has 0 aliphatic rings. The zero-order valence-electron chi connectivity index (χ0n) is 4.44. The van der Waals surface area contributed by atoms with Gasteiger partial charge in [0.2, 0.25) is 5.83 Å². The van der Waals surface area contributed by atoms with Crippen molar-refractivity contribution in [2.45, 2.75) is 6.18 Å². The molecular formula is C4H2F4O2. The molecule has 0 heterocycles. The molecule has 0 aliphatic heterocycles. The molecule has 0 saturated carbocycles. The minimum atomic E-state index is -4.91. The number of halogens is 4. The Morgan fingerprint density at radius 2 is 1.80 bits per heavy atom. The Kier molecular flexibility index (Phi) is 2.39. The lowest BCUT2D eigenvalue weighted by molar-refractivity contribution is -0.135. The molecule has 0 saturated heterocycles. The molecule has 58 valence electrons. The topological polar surface area (TPSA) is 37.3 Å². The molecule has 6 heteroatoms. The summed E-state index contributed by atoms with van der Waals surface area (Å²) in [6.07, 6.45) is -5.84. The molecule has 0 radical (unpaired) electrons.